The molecule has 0 spiro atoms. The fourth-order valence-corrected chi connectivity index (χ4v) is 6.11. The van der Waals surface area contributed by atoms with Crippen molar-refractivity contribution in [1.82, 2.24) is 9.29 Å². The number of nitrogens with one attached hydrogen (secondary N) is 1. The average Bonchev–Trinajstić information content (AvgIpc) is 3.30. The molecule has 0 bridgehead atoms. The molecule has 0 aliphatic carbocycles. The number of carbonyl (C=O) groups excluding carboxylic acids is 1. The van der Waals surface area contributed by atoms with Crippen molar-refractivity contribution in [3.05, 3.63) is 48.0 Å². The van der Waals surface area contributed by atoms with E-state index in [2.05, 4.69) is 15.2 Å². The summed E-state index contributed by atoms with van der Waals surface area (Å²) >= 11 is 0. The number of anilines is 2. The first-order chi connectivity index (χ1) is 16.4. The number of piperidine rings is 1. The third kappa shape index (κ3) is 4.53. The highest BCUT2D eigenvalue weighted by molar-refractivity contribution is 7.89. The van der Waals surface area contributed by atoms with Gasteiger partial charge in [0, 0.05) is 37.8 Å². The summed E-state index contributed by atoms with van der Waals surface area (Å²) in [5.41, 5.74) is 2.71. The van der Waals surface area contributed by atoms with E-state index in [0.717, 1.165) is 11.1 Å². The Kier molecular flexibility index (Phi) is 6.28. The molecule has 10 heteroatoms. The van der Waals surface area contributed by atoms with Gasteiger partial charge in [0.05, 0.1) is 18.1 Å². The summed E-state index contributed by atoms with van der Waals surface area (Å²) in [5.74, 6) is -0.267. The Morgan fingerprint density at radius 3 is 2.53 bits per heavy atom. The number of rotatable bonds is 5. The number of fused-ring (bicyclic) bond motifs is 1. The molecule has 34 heavy (non-hydrogen) atoms. The minimum Gasteiger partial charge on any atom is -0.423 e. The number of hydrogen-bond acceptors (Lipinski definition) is 7. The molecule has 3 aromatic rings. The minimum atomic E-state index is -3.65. The van der Waals surface area contributed by atoms with Crippen molar-refractivity contribution in [1.29, 1.82) is 0 Å². The van der Waals surface area contributed by atoms with E-state index in [1.807, 2.05) is 24.3 Å². The van der Waals surface area contributed by atoms with Crippen LogP contribution in [0.15, 0.2) is 51.8 Å². The zero-order chi connectivity index (χ0) is 23.7. The van der Waals surface area contributed by atoms with Crippen LogP contribution in [0.25, 0.3) is 11.1 Å². The van der Waals surface area contributed by atoms with Gasteiger partial charge in [0.1, 0.15) is 5.52 Å². The van der Waals surface area contributed by atoms with Crippen LogP contribution >= 0.6 is 0 Å². The molecule has 0 atom stereocenters. The fourth-order valence-electron chi connectivity index (χ4n) is 4.45. The lowest BCUT2D eigenvalue weighted by atomic mass is 9.96. The zero-order valence-electron chi connectivity index (χ0n) is 19.1. The van der Waals surface area contributed by atoms with Crippen LogP contribution in [0, 0.1) is 12.8 Å². The number of carbonyl (C=O) groups is 1. The van der Waals surface area contributed by atoms with Crippen LogP contribution in [0.5, 0.6) is 0 Å². The molecule has 0 unspecified atom stereocenters. The second-order valence-corrected chi connectivity index (χ2v) is 10.6. The molecule has 9 nitrogen and oxygen atoms in total. The zero-order valence-corrected chi connectivity index (χ0v) is 19.9. The van der Waals surface area contributed by atoms with E-state index >= 15 is 0 Å². The molecule has 2 aromatic carbocycles. The molecule has 5 rings (SSSR count). The Bertz CT molecular complexity index is 1260. The SMILES string of the molecule is Cc1ccc(NC(=O)C2CCN(c3nc4ccccc4o3)CC2)cc1S(=O)(=O)N1CCOCC1. The van der Waals surface area contributed by atoms with Crippen molar-refractivity contribution in [2.45, 2.75) is 24.7 Å². The summed E-state index contributed by atoms with van der Waals surface area (Å²) in [5, 5.41) is 2.93. The smallest absolute Gasteiger partial charge is 0.298 e. The quantitative estimate of drug-likeness (QED) is 0.594. The number of oxazole rings is 1. The molecule has 0 radical (unpaired) electrons. The Labute approximate surface area is 198 Å². The van der Waals surface area contributed by atoms with Gasteiger partial charge in [-0.15, -0.1) is 0 Å². The summed E-state index contributed by atoms with van der Waals surface area (Å²) < 4.78 is 38.8. The molecule has 2 aliphatic heterocycles. The van der Waals surface area contributed by atoms with Crippen LogP contribution in [0.2, 0.25) is 0 Å². The maximum absolute atomic E-state index is 13.1. The highest BCUT2D eigenvalue weighted by Crippen LogP contribution is 2.28. The number of hydrogen-bond donors (Lipinski definition) is 1. The van der Waals surface area contributed by atoms with Gasteiger partial charge >= 0.3 is 0 Å². The van der Waals surface area contributed by atoms with E-state index in [-0.39, 0.29) is 16.7 Å². The molecule has 2 fully saturated rings. The second kappa shape index (κ2) is 9.36. The summed E-state index contributed by atoms with van der Waals surface area (Å²) in [6.07, 6.45) is 1.32. The number of benzene rings is 2. The molecule has 0 saturated carbocycles. The van der Waals surface area contributed by atoms with Crippen molar-refractivity contribution in [3.63, 3.8) is 0 Å². The molecule has 2 saturated heterocycles. The number of sulfonamides is 1. The number of nitrogens with zero attached hydrogens (tertiary/aromatic N) is 3. The van der Waals surface area contributed by atoms with Gasteiger partial charge in [-0.3, -0.25) is 4.79 Å². The molecule has 3 heterocycles. The van der Waals surface area contributed by atoms with Gasteiger partial charge in [0.2, 0.25) is 15.9 Å². The van der Waals surface area contributed by atoms with Crippen LogP contribution in [0.1, 0.15) is 18.4 Å². The van der Waals surface area contributed by atoms with E-state index < -0.39 is 10.0 Å². The van der Waals surface area contributed by atoms with Crippen LogP contribution in [0.4, 0.5) is 11.7 Å². The van der Waals surface area contributed by atoms with Crippen molar-refractivity contribution in [2.24, 2.45) is 5.92 Å². The van der Waals surface area contributed by atoms with Gasteiger partial charge in [-0.05, 0) is 49.6 Å². The summed E-state index contributed by atoms with van der Waals surface area (Å²) in [4.78, 5) is 19.8. The number of aryl methyl sites for hydroxylation is 1. The third-order valence-corrected chi connectivity index (χ3v) is 8.50. The van der Waals surface area contributed by atoms with Gasteiger partial charge in [-0.2, -0.15) is 9.29 Å². The maximum Gasteiger partial charge on any atom is 0.298 e. The lowest BCUT2D eigenvalue weighted by Crippen LogP contribution is -2.41. The van der Waals surface area contributed by atoms with Gasteiger partial charge in [0.25, 0.3) is 6.01 Å². The minimum absolute atomic E-state index is 0.101. The summed E-state index contributed by atoms with van der Waals surface area (Å²) in [6, 6.07) is 13.3. The number of morpholine rings is 1. The number of para-hydroxylation sites is 2. The van der Waals surface area contributed by atoms with Crippen LogP contribution in [0.3, 0.4) is 0 Å². The first-order valence-electron chi connectivity index (χ1n) is 11.5. The normalized spacial score (nSPS) is 18.3. The predicted octanol–water partition coefficient (Wildman–Crippen LogP) is 3.01. The number of aromatic nitrogens is 1. The molecule has 1 amide bonds. The predicted molar refractivity (Wildman–Crippen MR) is 128 cm³/mol. The standard InChI is InChI=1S/C24H28N4O5S/c1-17-6-7-19(16-22(17)34(30,31)28-12-14-32-15-13-28)25-23(29)18-8-10-27(11-9-18)24-26-20-4-2-3-5-21(20)33-24/h2-7,16,18H,8-15H2,1H3,(H,25,29). The maximum atomic E-state index is 13.1. The molecule has 1 aromatic heterocycles. The summed E-state index contributed by atoms with van der Waals surface area (Å²) in [6.45, 7) is 4.52. The largest absolute Gasteiger partial charge is 0.423 e. The topological polar surface area (TPSA) is 105 Å². The van der Waals surface area contributed by atoms with Gasteiger partial charge in [0.15, 0.2) is 5.58 Å². The van der Waals surface area contributed by atoms with Crippen LogP contribution in [-0.2, 0) is 19.6 Å². The van der Waals surface area contributed by atoms with E-state index in [9.17, 15) is 13.2 Å². The Morgan fingerprint density at radius 2 is 1.79 bits per heavy atom. The number of amides is 1. The van der Waals surface area contributed by atoms with Gasteiger partial charge < -0.3 is 19.4 Å². The highest BCUT2D eigenvalue weighted by Gasteiger charge is 2.30. The molecular formula is C24H28N4O5S. The third-order valence-electron chi connectivity index (χ3n) is 6.46. The Morgan fingerprint density at radius 1 is 1.06 bits per heavy atom. The first-order valence-corrected chi connectivity index (χ1v) is 13.0. The lowest BCUT2D eigenvalue weighted by molar-refractivity contribution is -0.120. The fraction of sp³-hybridized carbons (Fsp3) is 0.417. The van der Waals surface area contributed by atoms with E-state index in [1.165, 1.54) is 4.31 Å². The lowest BCUT2D eigenvalue weighted by Gasteiger charge is -2.30. The molecule has 2 aliphatic rings. The highest BCUT2D eigenvalue weighted by atomic mass is 32.2. The van der Waals surface area contributed by atoms with Crippen molar-refractivity contribution in [2.75, 3.05) is 49.6 Å². The van der Waals surface area contributed by atoms with Gasteiger partial charge in [-0.1, -0.05) is 18.2 Å². The molecule has 1 N–H and O–H groups in total. The van der Waals surface area contributed by atoms with Crippen LogP contribution < -0.4 is 10.2 Å². The van der Waals surface area contributed by atoms with Crippen molar-refractivity contribution in [3.8, 4) is 0 Å². The monoisotopic (exact) mass is 484 g/mol. The Balaban J connectivity index is 1.24. The summed E-state index contributed by atoms with van der Waals surface area (Å²) in [7, 11) is -3.65. The molecular weight excluding hydrogens is 456 g/mol. The van der Waals surface area contributed by atoms with Gasteiger partial charge in [-0.25, -0.2) is 8.42 Å². The van der Waals surface area contributed by atoms with E-state index in [1.54, 1.807) is 25.1 Å². The van der Waals surface area contributed by atoms with E-state index in [4.69, 9.17) is 9.15 Å². The second-order valence-electron chi connectivity index (χ2n) is 8.71. The van der Waals surface area contributed by atoms with Crippen LogP contribution in [-0.4, -0.2) is 63.0 Å². The molecule has 180 valence electrons. The number of ether oxygens (including phenoxy) is 1. The van der Waals surface area contributed by atoms with E-state index in [0.29, 0.717) is 69.5 Å². The Hall–Kier alpha value is -2.95. The van der Waals surface area contributed by atoms with Crippen molar-refractivity contribution < 1.29 is 22.4 Å². The first kappa shape index (κ1) is 22.8. The van der Waals surface area contributed by atoms with Crippen molar-refractivity contribution >= 4 is 38.7 Å². The average molecular weight is 485 g/mol.